The molecule has 1 aliphatic carbocycles. The Morgan fingerprint density at radius 2 is 2.07 bits per heavy atom. The highest BCUT2D eigenvalue weighted by Crippen LogP contribution is 2.30. The van der Waals surface area contributed by atoms with Crippen molar-refractivity contribution in [2.24, 2.45) is 18.9 Å². The van der Waals surface area contributed by atoms with Gasteiger partial charge in [0.2, 0.25) is 5.95 Å². The van der Waals surface area contributed by atoms with Crippen molar-refractivity contribution in [3.8, 4) is 0 Å². The van der Waals surface area contributed by atoms with Gasteiger partial charge in [0, 0.05) is 40.3 Å². The van der Waals surface area contributed by atoms with E-state index in [4.69, 9.17) is 4.74 Å². The maximum absolute atomic E-state index is 12.7. The zero-order valence-electron chi connectivity index (χ0n) is 16.1. The molecule has 0 aromatic carbocycles. The second kappa shape index (κ2) is 8.08. The van der Waals surface area contributed by atoms with Gasteiger partial charge in [-0.25, -0.2) is 9.78 Å². The molecule has 0 bridgehead atoms. The number of fused-ring (bicyclic) bond motifs is 1. The highest BCUT2D eigenvalue weighted by atomic mass is 16.5. The Hall–Kier alpha value is -2.42. The van der Waals surface area contributed by atoms with E-state index in [0.29, 0.717) is 49.7 Å². The molecule has 1 fully saturated rings. The fraction of sp³-hybridized carbons (Fsp3) is 0.667. The molecule has 2 heterocycles. The zero-order valence-corrected chi connectivity index (χ0v) is 16.1. The van der Waals surface area contributed by atoms with Crippen LogP contribution in [-0.2, 0) is 23.1 Å². The van der Waals surface area contributed by atoms with Crippen LogP contribution in [0.15, 0.2) is 11.0 Å². The predicted molar refractivity (Wildman–Crippen MR) is 98.4 cm³/mol. The third-order valence-electron chi connectivity index (χ3n) is 5.47. The molecule has 2 aromatic rings. The lowest BCUT2D eigenvalue weighted by atomic mass is 9.82. The first-order valence-electron chi connectivity index (χ1n) is 9.25. The average Bonchev–Trinajstić information content (AvgIpc) is 2.91. The molecule has 3 rings (SSSR count). The number of nitrogens with zero attached hydrogens (tertiary/aromatic N) is 5. The lowest BCUT2D eigenvalue weighted by molar-refractivity contribution is -0.312. The number of anilines is 1. The largest absolute Gasteiger partial charge is 0.550 e. The molecule has 0 amide bonds. The predicted octanol–water partition coefficient (Wildman–Crippen LogP) is -0.231. The summed E-state index contributed by atoms with van der Waals surface area (Å²) in [4.78, 5) is 34.6. The number of rotatable bonds is 7. The first kappa shape index (κ1) is 19.3. The Labute approximate surface area is 157 Å². The quantitative estimate of drug-likeness (QED) is 0.657. The van der Waals surface area contributed by atoms with Crippen molar-refractivity contribution in [1.82, 2.24) is 19.1 Å². The van der Waals surface area contributed by atoms with Crippen LogP contribution < -0.4 is 15.7 Å². The number of likely N-dealkylation sites (N-methyl/N-ethyl adjacent to an activating group) is 1. The van der Waals surface area contributed by atoms with Gasteiger partial charge in [-0.05, 0) is 37.5 Å². The molecule has 1 aliphatic rings. The standard InChI is InChI=1S/C18H27N5O4/c1-21(8-9-27-3)17-19-10-14-15(20-17)23(18(26)22(14)2)11-12-4-6-13(7-5-12)16(24)25/h10,12-13H,4-9,11H2,1-3H3,(H,24,25)/p-1. The van der Waals surface area contributed by atoms with Crippen LogP contribution in [0, 0.1) is 11.8 Å². The maximum atomic E-state index is 12.7. The number of aliphatic carboxylic acids is 1. The second-order valence-corrected chi connectivity index (χ2v) is 7.28. The number of carboxylic acid groups (broad SMARTS) is 1. The van der Waals surface area contributed by atoms with Crippen LogP contribution in [0.1, 0.15) is 25.7 Å². The summed E-state index contributed by atoms with van der Waals surface area (Å²) in [7, 11) is 5.24. The Balaban J connectivity index is 1.85. The lowest BCUT2D eigenvalue weighted by Crippen LogP contribution is -2.35. The van der Waals surface area contributed by atoms with Crippen molar-refractivity contribution in [2.75, 3.05) is 32.2 Å². The summed E-state index contributed by atoms with van der Waals surface area (Å²) in [6.45, 7) is 1.74. The van der Waals surface area contributed by atoms with Gasteiger partial charge >= 0.3 is 5.69 Å². The summed E-state index contributed by atoms with van der Waals surface area (Å²) in [6.07, 6.45) is 4.42. The summed E-state index contributed by atoms with van der Waals surface area (Å²) < 4.78 is 8.34. The van der Waals surface area contributed by atoms with Gasteiger partial charge in [0.05, 0.1) is 12.8 Å². The minimum absolute atomic E-state index is 0.127. The summed E-state index contributed by atoms with van der Waals surface area (Å²) in [5.74, 6) is -0.533. The lowest BCUT2D eigenvalue weighted by Gasteiger charge is -2.29. The van der Waals surface area contributed by atoms with Crippen LogP contribution in [0.25, 0.3) is 11.2 Å². The van der Waals surface area contributed by atoms with Crippen molar-refractivity contribution in [3.05, 3.63) is 16.7 Å². The van der Waals surface area contributed by atoms with E-state index in [9.17, 15) is 14.7 Å². The number of ether oxygens (including phenoxy) is 1. The third kappa shape index (κ3) is 3.97. The van der Waals surface area contributed by atoms with Crippen LogP contribution in [-0.4, -0.2) is 52.4 Å². The molecule has 0 atom stereocenters. The molecular formula is C18H26N5O4-. The Bertz CT molecular complexity index is 866. The molecule has 148 valence electrons. The van der Waals surface area contributed by atoms with E-state index in [-0.39, 0.29) is 17.5 Å². The summed E-state index contributed by atoms with van der Waals surface area (Å²) in [5.41, 5.74) is 1.17. The summed E-state index contributed by atoms with van der Waals surface area (Å²) in [5, 5.41) is 11.0. The van der Waals surface area contributed by atoms with Gasteiger partial charge in [0.25, 0.3) is 0 Å². The van der Waals surface area contributed by atoms with Gasteiger partial charge < -0.3 is 19.5 Å². The van der Waals surface area contributed by atoms with Gasteiger partial charge in [-0.3, -0.25) is 9.13 Å². The van der Waals surface area contributed by atoms with E-state index in [2.05, 4.69) is 9.97 Å². The molecular weight excluding hydrogens is 350 g/mol. The van der Waals surface area contributed by atoms with Crippen LogP contribution in [0.5, 0.6) is 0 Å². The van der Waals surface area contributed by atoms with Crippen molar-refractivity contribution in [1.29, 1.82) is 0 Å². The summed E-state index contributed by atoms with van der Waals surface area (Å²) in [6, 6.07) is 0. The van der Waals surface area contributed by atoms with E-state index < -0.39 is 5.97 Å². The number of carboxylic acids is 1. The van der Waals surface area contributed by atoms with Crippen LogP contribution in [0.4, 0.5) is 5.95 Å². The van der Waals surface area contributed by atoms with E-state index in [1.54, 1.807) is 29.5 Å². The number of imidazole rings is 1. The van der Waals surface area contributed by atoms with Gasteiger partial charge in [0.15, 0.2) is 5.65 Å². The molecule has 9 heteroatoms. The van der Waals surface area contributed by atoms with E-state index in [1.807, 2.05) is 11.9 Å². The second-order valence-electron chi connectivity index (χ2n) is 7.28. The zero-order chi connectivity index (χ0) is 19.6. The maximum Gasteiger partial charge on any atom is 0.330 e. The van der Waals surface area contributed by atoms with Gasteiger partial charge in [-0.1, -0.05) is 0 Å². The average molecular weight is 376 g/mol. The number of aryl methyl sites for hydroxylation is 1. The highest BCUT2D eigenvalue weighted by Gasteiger charge is 2.24. The molecule has 0 N–H and O–H groups in total. The van der Waals surface area contributed by atoms with Crippen LogP contribution in [0.3, 0.4) is 0 Å². The molecule has 0 spiro atoms. The normalized spacial score (nSPS) is 20.1. The third-order valence-corrected chi connectivity index (χ3v) is 5.47. The van der Waals surface area contributed by atoms with Gasteiger partial charge in [0.1, 0.15) is 5.52 Å². The molecule has 9 nitrogen and oxygen atoms in total. The molecule has 27 heavy (non-hydrogen) atoms. The summed E-state index contributed by atoms with van der Waals surface area (Å²) >= 11 is 0. The van der Waals surface area contributed by atoms with Crippen LogP contribution in [0.2, 0.25) is 0 Å². The number of methoxy groups -OCH3 is 1. The van der Waals surface area contributed by atoms with Gasteiger partial charge in [-0.15, -0.1) is 0 Å². The van der Waals surface area contributed by atoms with E-state index >= 15 is 0 Å². The molecule has 1 saturated carbocycles. The van der Waals surface area contributed by atoms with E-state index in [1.165, 1.54) is 0 Å². The minimum Gasteiger partial charge on any atom is -0.550 e. The number of hydrogen-bond acceptors (Lipinski definition) is 7. The Morgan fingerprint density at radius 3 is 2.70 bits per heavy atom. The van der Waals surface area contributed by atoms with Crippen molar-refractivity contribution in [3.63, 3.8) is 0 Å². The fourth-order valence-corrected chi connectivity index (χ4v) is 3.68. The SMILES string of the molecule is COCCN(C)c1ncc2c(n1)n(CC1CCC(C(=O)[O-])CC1)c(=O)n2C. The minimum atomic E-state index is -0.966. The Kier molecular flexibility index (Phi) is 5.79. The fourth-order valence-electron chi connectivity index (χ4n) is 3.68. The molecule has 0 unspecified atom stereocenters. The number of aromatic nitrogens is 4. The van der Waals surface area contributed by atoms with Crippen LogP contribution >= 0.6 is 0 Å². The topological polar surface area (TPSA) is 105 Å². The smallest absolute Gasteiger partial charge is 0.330 e. The van der Waals surface area contributed by atoms with Crippen molar-refractivity contribution < 1.29 is 14.6 Å². The molecule has 0 radical (unpaired) electrons. The monoisotopic (exact) mass is 376 g/mol. The van der Waals surface area contributed by atoms with Crippen molar-refractivity contribution in [2.45, 2.75) is 32.2 Å². The number of hydrogen-bond donors (Lipinski definition) is 0. The Morgan fingerprint density at radius 1 is 1.37 bits per heavy atom. The number of carbonyl (C=O) groups is 1. The first-order chi connectivity index (χ1) is 12.9. The van der Waals surface area contributed by atoms with Crippen molar-refractivity contribution >= 4 is 23.1 Å². The molecule has 2 aromatic heterocycles. The van der Waals surface area contributed by atoms with Gasteiger partial charge in [-0.2, -0.15) is 4.98 Å². The van der Waals surface area contributed by atoms with E-state index in [0.717, 1.165) is 12.8 Å². The first-order valence-corrected chi connectivity index (χ1v) is 9.25. The molecule has 0 saturated heterocycles. The highest BCUT2D eigenvalue weighted by molar-refractivity contribution is 5.72. The molecule has 0 aliphatic heterocycles. The number of carbonyl (C=O) groups excluding carboxylic acids is 1.